The Hall–Kier alpha value is -2.37. The van der Waals surface area contributed by atoms with Gasteiger partial charge in [0.2, 0.25) is 5.91 Å². The second-order valence-electron chi connectivity index (χ2n) is 5.88. The van der Waals surface area contributed by atoms with Crippen LogP contribution < -0.4 is 4.90 Å². The monoisotopic (exact) mass is 316 g/mol. The summed E-state index contributed by atoms with van der Waals surface area (Å²) in [6.07, 6.45) is 4.06. The highest BCUT2D eigenvalue weighted by Gasteiger charge is 2.23. The minimum Gasteiger partial charge on any atom is -0.368 e. The Morgan fingerprint density at radius 3 is 2.52 bits per heavy atom. The Labute approximate surface area is 135 Å². The number of hydrogen-bond donors (Lipinski definition) is 0. The van der Waals surface area contributed by atoms with Gasteiger partial charge < -0.3 is 9.80 Å². The first-order valence-corrected chi connectivity index (χ1v) is 7.91. The first-order valence-electron chi connectivity index (χ1n) is 7.91. The van der Waals surface area contributed by atoms with Crippen LogP contribution in [0.4, 0.5) is 10.1 Å². The highest BCUT2D eigenvalue weighted by Crippen LogP contribution is 2.18. The van der Waals surface area contributed by atoms with Crippen molar-refractivity contribution in [3.05, 3.63) is 48.5 Å². The molecule has 1 atom stereocenters. The zero-order chi connectivity index (χ0) is 16.2. The molecule has 0 bridgehead atoms. The molecule has 122 valence electrons. The van der Waals surface area contributed by atoms with Crippen molar-refractivity contribution in [1.29, 1.82) is 0 Å². The molecular weight excluding hydrogens is 295 g/mol. The van der Waals surface area contributed by atoms with Crippen LogP contribution in [0.3, 0.4) is 0 Å². The molecule has 0 aliphatic carbocycles. The van der Waals surface area contributed by atoms with E-state index in [0.29, 0.717) is 19.5 Å². The number of anilines is 1. The second kappa shape index (κ2) is 6.81. The van der Waals surface area contributed by atoms with Crippen LogP contribution in [-0.2, 0) is 4.79 Å². The second-order valence-corrected chi connectivity index (χ2v) is 5.88. The average molecular weight is 316 g/mol. The highest BCUT2D eigenvalue weighted by atomic mass is 19.1. The lowest BCUT2D eigenvalue weighted by Crippen LogP contribution is -2.49. The molecule has 1 saturated heterocycles. The summed E-state index contributed by atoms with van der Waals surface area (Å²) < 4.78 is 14.8. The molecule has 3 rings (SSSR count). The Bertz CT molecular complexity index is 633. The topological polar surface area (TPSA) is 41.4 Å². The third-order valence-corrected chi connectivity index (χ3v) is 4.27. The van der Waals surface area contributed by atoms with E-state index in [2.05, 4.69) is 10.00 Å². The lowest BCUT2D eigenvalue weighted by atomic mass is 10.2. The van der Waals surface area contributed by atoms with Gasteiger partial charge in [-0.05, 0) is 37.3 Å². The predicted octanol–water partition coefficient (Wildman–Crippen LogP) is 2.32. The maximum absolute atomic E-state index is 13.0. The van der Waals surface area contributed by atoms with Crippen molar-refractivity contribution in [2.45, 2.75) is 19.4 Å². The van der Waals surface area contributed by atoms with Gasteiger partial charge >= 0.3 is 0 Å². The van der Waals surface area contributed by atoms with Crippen molar-refractivity contribution in [3.8, 4) is 0 Å². The Morgan fingerprint density at radius 1 is 1.22 bits per heavy atom. The zero-order valence-electron chi connectivity index (χ0n) is 13.2. The smallest absolute Gasteiger partial charge is 0.224 e. The maximum atomic E-state index is 13.0. The van der Waals surface area contributed by atoms with Crippen LogP contribution in [-0.4, -0.2) is 46.8 Å². The number of rotatable bonds is 4. The summed E-state index contributed by atoms with van der Waals surface area (Å²) in [5.41, 5.74) is 1.00. The minimum atomic E-state index is -0.227. The molecule has 1 aliphatic rings. The minimum absolute atomic E-state index is 0.0626. The Kier molecular flexibility index (Phi) is 4.60. The van der Waals surface area contributed by atoms with Crippen LogP contribution in [0.5, 0.6) is 0 Å². The van der Waals surface area contributed by atoms with Gasteiger partial charge in [-0.2, -0.15) is 5.10 Å². The quantitative estimate of drug-likeness (QED) is 0.869. The SMILES string of the molecule is C[C@H](CC(=O)N1CCN(c2ccc(F)cc2)CC1)n1cccn1. The van der Waals surface area contributed by atoms with Gasteiger partial charge in [0, 0.05) is 50.7 Å². The van der Waals surface area contributed by atoms with E-state index in [-0.39, 0.29) is 17.8 Å². The molecule has 0 saturated carbocycles. The predicted molar refractivity (Wildman–Crippen MR) is 86.7 cm³/mol. The van der Waals surface area contributed by atoms with E-state index in [1.54, 1.807) is 18.3 Å². The van der Waals surface area contributed by atoms with E-state index in [4.69, 9.17) is 0 Å². The number of nitrogens with zero attached hydrogens (tertiary/aromatic N) is 4. The summed E-state index contributed by atoms with van der Waals surface area (Å²) in [6, 6.07) is 8.44. The number of carbonyl (C=O) groups is 1. The third kappa shape index (κ3) is 3.70. The molecule has 1 amide bonds. The number of piperazine rings is 1. The summed E-state index contributed by atoms with van der Waals surface area (Å²) in [5, 5.41) is 4.18. The van der Waals surface area contributed by atoms with Crippen molar-refractivity contribution < 1.29 is 9.18 Å². The Balaban J connectivity index is 1.52. The molecule has 1 fully saturated rings. The van der Waals surface area contributed by atoms with Crippen LogP contribution >= 0.6 is 0 Å². The van der Waals surface area contributed by atoms with Gasteiger partial charge in [-0.25, -0.2) is 4.39 Å². The zero-order valence-corrected chi connectivity index (χ0v) is 13.2. The summed E-state index contributed by atoms with van der Waals surface area (Å²) in [7, 11) is 0. The van der Waals surface area contributed by atoms with Gasteiger partial charge in [-0.1, -0.05) is 0 Å². The van der Waals surface area contributed by atoms with E-state index in [0.717, 1.165) is 18.8 Å². The number of hydrogen-bond acceptors (Lipinski definition) is 3. The number of benzene rings is 1. The van der Waals surface area contributed by atoms with Crippen LogP contribution in [0.1, 0.15) is 19.4 Å². The molecule has 0 radical (unpaired) electrons. The van der Waals surface area contributed by atoms with E-state index >= 15 is 0 Å². The van der Waals surface area contributed by atoms with Gasteiger partial charge in [0.25, 0.3) is 0 Å². The first kappa shape index (κ1) is 15.5. The van der Waals surface area contributed by atoms with Gasteiger partial charge in [0.05, 0.1) is 6.04 Å². The van der Waals surface area contributed by atoms with Crippen molar-refractivity contribution in [2.75, 3.05) is 31.1 Å². The fourth-order valence-corrected chi connectivity index (χ4v) is 2.88. The van der Waals surface area contributed by atoms with Crippen molar-refractivity contribution >= 4 is 11.6 Å². The number of carbonyl (C=O) groups excluding carboxylic acids is 1. The number of aromatic nitrogens is 2. The molecule has 0 N–H and O–H groups in total. The highest BCUT2D eigenvalue weighted by molar-refractivity contribution is 5.77. The van der Waals surface area contributed by atoms with E-state index in [9.17, 15) is 9.18 Å². The fourth-order valence-electron chi connectivity index (χ4n) is 2.88. The normalized spacial score (nSPS) is 16.4. The van der Waals surface area contributed by atoms with Crippen molar-refractivity contribution in [3.63, 3.8) is 0 Å². The number of halogens is 1. The van der Waals surface area contributed by atoms with Gasteiger partial charge in [0.1, 0.15) is 5.82 Å². The summed E-state index contributed by atoms with van der Waals surface area (Å²) >= 11 is 0. The van der Waals surface area contributed by atoms with Crippen molar-refractivity contribution in [1.82, 2.24) is 14.7 Å². The molecular formula is C17H21FN4O. The molecule has 0 spiro atoms. The lowest BCUT2D eigenvalue weighted by Gasteiger charge is -2.36. The molecule has 2 heterocycles. The van der Waals surface area contributed by atoms with E-state index < -0.39 is 0 Å². The van der Waals surface area contributed by atoms with E-state index in [1.807, 2.05) is 28.8 Å². The lowest BCUT2D eigenvalue weighted by molar-refractivity contribution is -0.132. The molecule has 6 heteroatoms. The van der Waals surface area contributed by atoms with Gasteiger partial charge in [-0.15, -0.1) is 0 Å². The van der Waals surface area contributed by atoms with Crippen LogP contribution in [0.25, 0.3) is 0 Å². The van der Waals surface area contributed by atoms with E-state index in [1.165, 1.54) is 12.1 Å². The van der Waals surface area contributed by atoms with Crippen molar-refractivity contribution in [2.24, 2.45) is 0 Å². The standard InChI is InChI=1S/C17H21FN4O/c1-14(22-8-2-7-19-22)13-17(23)21-11-9-20(10-12-21)16-5-3-15(18)4-6-16/h2-8,14H,9-13H2,1H3/t14-/m1/s1. The summed E-state index contributed by atoms with van der Waals surface area (Å²) in [5.74, 6) is -0.0677. The molecule has 1 aromatic heterocycles. The van der Waals surface area contributed by atoms with Crippen LogP contribution in [0, 0.1) is 5.82 Å². The van der Waals surface area contributed by atoms with Gasteiger partial charge in [0.15, 0.2) is 0 Å². The maximum Gasteiger partial charge on any atom is 0.224 e. The Morgan fingerprint density at radius 2 is 1.91 bits per heavy atom. The molecule has 0 unspecified atom stereocenters. The summed E-state index contributed by atoms with van der Waals surface area (Å²) in [6.45, 7) is 4.94. The van der Waals surface area contributed by atoms with Crippen LogP contribution in [0.15, 0.2) is 42.7 Å². The third-order valence-electron chi connectivity index (χ3n) is 4.27. The van der Waals surface area contributed by atoms with Crippen LogP contribution in [0.2, 0.25) is 0 Å². The molecule has 1 aromatic carbocycles. The largest absolute Gasteiger partial charge is 0.368 e. The molecule has 23 heavy (non-hydrogen) atoms. The first-order chi connectivity index (χ1) is 11.1. The van der Waals surface area contributed by atoms with Gasteiger partial charge in [-0.3, -0.25) is 9.48 Å². The molecule has 1 aliphatic heterocycles. The summed E-state index contributed by atoms with van der Waals surface area (Å²) in [4.78, 5) is 16.5. The average Bonchev–Trinajstić information content (AvgIpc) is 3.10. The fraction of sp³-hybridized carbons (Fsp3) is 0.412. The molecule has 2 aromatic rings. The molecule has 5 nitrogen and oxygen atoms in total. The number of amides is 1.